The summed E-state index contributed by atoms with van der Waals surface area (Å²) < 4.78 is 31.9. The molecule has 5 saturated carbocycles. The molecule has 8 rings (SSSR count). The van der Waals surface area contributed by atoms with Crippen molar-refractivity contribution in [1.82, 2.24) is 0 Å². The Morgan fingerprint density at radius 3 is 2.05 bits per heavy atom. The number of fused-ring (bicyclic) bond motifs is 2. The van der Waals surface area contributed by atoms with E-state index in [4.69, 9.17) is 23.7 Å². The van der Waals surface area contributed by atoms with E-state index in [2.05, 4.69) is 34.6 Å². The van der Waals surface area contributed by atoms with Crippen molar-refractivity contribution in [1.29, 1.82) is 0 Å². The number of ether oxygens (including phenoxy) is 5. The highest BCUT2D eigenvalue weighted by molar-refractivity contribution is 5.33. The highest BCUT2D eigenvalue weighted by atomic mass is 16.7. The first-order valence-electron chi connectivity index (χ1n) is 20.9. The highest BCUT2D eigenvalue weighted by Crippen LogP contribution is 2.89. The van der Waals surface area contributed by atoms with Crippen LogP contribution >= 0.6 is 0 Å². The van der Waals surface area contributed by atoms with Crippen molar-refractivity contribution >= 4 is 0 Å². The minimum Gasteiger partial charge on any atom is -0.394 e. The Labute approximate surface area is 324 Å². The number of aliphatic hydroxyl groups is 9. The maximum absolute atomic E-state index is 12.2. The van der Waals surface area contributed by atoms with Gasteiger partial charge < -0.3 is 69.6 Å². The summed E-state index contributed by atoms with van der Waals surface area (Å²) in [6.45, 7) is 13.8. The first-order chi connectivity index (χ1) is 25.5. The molecule has 0 aromatic rings. The summed E-state index contributed by atoms with van der Waals surface area (Å²) in [6, 6.07) is 0. The van der Waals surface area contributed by atoms with Crippen LogP contribution in [-0.2, 0) is 23.7 Å². The predicted molar refractivity (Wildman–Crippen MR) is 194 cm³/mol. The van der Waals surface area contributed by atoms with E-state index in [1.165, 1.54) is 0 Å². The molecule has 8 aliphatic rings. The Balaban J connectivity index is 1.15. The van der Waals surface area contributed by atoms with E-state index in [0.717, 1.165) is 32.1 Å². The minimum absolute atomic E-state index is 0.0633. The summed E-state index contributed by atoms with van der Waals surface area (Å²) in [5.74, 6) is -0.215. The van der Waals surface area contributed by atoms with Gasteiger partial charge in [0.25, 0.3) is 0 Å². The van der Waals surface area contributed by atoms with Crippen LogP contribution in [0.3, 0.4) is 0 Å². The molecule has 0 radical (unpaired) electrons. The van der Waals surface area contributed by atoms with Crippen LogP contribution in [0.5, 0.6) is 0 Å². The molecule has 3 aliphatic heterocycles. The normalized spacial score (nSPS) is 58.7. The summed E-state index contributed by atoms with van der Waals surface area (Å²) in [5.41, 5.74) is -3.16. The summed E-state index contributed by atoms with van der Waals surface area (Å²) in [6.07, 6.45) is -7.48. The van der Waals surface area contributed by atoms with E-state index in [0.29, 0.717) is 25.7 Å². The molecule has 2 spiro atoms. The molecule has 0 aromatic carbocycles. The fraction of sp³-hybridized carbons (Fsp3) is 1.00. The molecule has 5 aliphatic carbocycles. The van der Waals surface area contributed by atoms with Crippen LogP contribution in [0.4, 0.5) is 0 Å². The standard InChI is InChI=1S/C41H68O14/c1-35(2)24(54-33-29(48)26(45)20(44)17-51-33)9-11-41-18-40(41)13-12-37(5)31(39(7)10-8-25(55-39)36(3,4)50)19(43)15-38(37,6)23(40)14-21(32(35)41)52-34-30(49)28(47)27(46)22(16-42)53-34/h19-34,42-50H,8-18H2,1-7H3/t19?,20?,21?,22?,23-,24?,25?,26?,27?,28?,29?,30?,31-,32+,33?,34?,37-,38+,39-,40+,41-/m1/s1. The molecular weight excluding hydrogens is 716 g/mol. The zero-order valence-corrected chi connectivity index (χ0v) is 33.6. The van der Waals surface area contributed by atoms with Gasteiger partial charge in [0, 0.05) is 5.92 Å². The van der Waals surface area contributed by atoms with Gasteiger partial charge in [-0.2, -0.15) is 0 Å². The van der Waals surface area contributed by atoms with Gasteiger partial charge in [0.1, 0.15) is 42.7 Å². The first-order valence-corrected chi connectivity index (χ1v) is 20.9. The zero-order chi connectivity index (χ0) is 40.1. The van der Waals surface area contributed by atoms with Gasteiger partial charge in [0.15, 0.2) is 12.6 Å². The molecule has 14 heteroatoms. The second kappa shape index (κ2) is 13.2. The van der Waals surface area contributed by atoms with Gasteiger partial charge in [-0.15, -0.1) is 0 Å². The number of hydrogen-bond donors (Lipinski definition) is 9. The Hall–Kier alpha value is -0.560. The van der Waals surface area contributed by atoms with E-state index < -0.39 is 96.8 Å². The molecule has 0 bridgehead atoms. The van der Waals surface area contributed by atoms with Crippen LogP contribution in [0.15, 0.2) is 0 Å². The van der Waals surface area contributed by atoms with Crippen LogP contribution in [0.1, 0.15) is 106 Å². The molecule has 316 valence electrons. The Morgan fingerprint density at radius 1 is 0.709 bits per heavy atom. The second-order valence-corrected chi connectivity index (χ2v) is 21.1. The summed E-state index contributed by atoms with van der Waals surface area (Å²) in [5, 5.41) is 97.2. The quantitative estimate of drug-likeness (QED) is 0.162. The maximum atomic E-state index is 12.2. The maximum Gasteiger partial charge on any atom is 0.186 e. The Kier molecular flexibility index (Phi) is 9.90. The van der Waals surface area contributed by atoms with Crippen molar-refractivity contribution in [3.63, 3.8) is 0 Å². The van der Waals surface area contributed by atoms with Gasteiger partial charge in [-0.1, -0.05) is 27.7 Å². The molecule has 21 atom stereocenters. The van der Waals surface area contributed by atoms with E-state index >= 15 is 0 Å². The lowest BCUT2D eigenvalue weighted by molar-refractivity contribution is -0.339. The average molecular weight is 785 g/mol. The molecule has 0 aromatic heterocycles. The largest absolute Gasteiger partial charge is 0.394 e. The SMILES string of the molecule is CC(C)(O)C1CC[C@](C)([C@@H]2C(O)C[C@@]3(C)[C@H]4CC(OC5OC(CO)C(O)C(O)C5O)[C@H]5C(C)(C)C(OC6OCC(O)C(O)C6O)CC[C@@]56C[C@@]46CC[C@]23C)O1. The van der Waals surface area contributed by atoms with Gasteiger partial charge in [-0.25, -0.2) is 0 Å². The monoisotopic (exact) mass is 784 g/mol. The second-order valence-electron chi connectivity index (χ2n) is 21.1. The van der Waals surface area contributed by atoms with Gasteiger partial charge in [-0.3, -0.25) is 0 Å². The summed E-state index contributed by atoms with van der Waals surface area (Å²) in [7, 11) is 0. The minimum atomic E-state index is -1.60. The summed E-state index contributed by atoms with van der Waals surface area (Å²) in [4.78, 5) is 0. The smallest absolute Gasteiger partial charge is 0.186 e. The molecule has 0 amide bonds. The fourth-order valence-corrected chi connectivity index (χ4v) is 14.9. The lowest BCUT2D eigenvalue weighted by Crippen LogP contribution is -2.65. The first kappa shape index (κ1) is 41.2. The van der Waals surface area contributed by atoms with Gasteiger partial charge in [0.2, 0.25) is 0 Å². The van der Waals surface area contributed by atoms with E-state index in [1.54, 1.807) is 13.8 Å². The lowest BCUT2D eigenvalue weighted by atomic mass is 9.41. The van der Waals surface area contributed by atoms with Crippen molar-refractivity contribution in [2.75, 3.05) is 13.2 Å². The van der Waals surface area contributed by atoms with Crippen molar-refractivity contribution in [2.24, 2.45) is 44.8 Å². The topological polar surface area (TPSA) is 228 Å². The van der Waals surface area contributed by atoms with Crippen LogP contribution < -0.4 is 0 Å². The van der Waals surface area contributed by atoms with E-state index in [9.17, 15) is 46.0 Å². The fourth-order valence-electron chi connectivity index (χ4n) is 14.9. The van der Waals surface area contributed by atoms with E-state index in [1.807, 2.05) is 0 Å². The molecule has 14 nitrogen and oxygen atoms in total. The van der Waals surface area contributed by atoms with Crippen molar-refractivity contribution in [2.45, 2.75) is 197 Å². The van der Waals surface area contributed by atoms with Crippen LogP contribution in [0.2, 0.25) is 0 Å². The van der Waals surface area contributed by atoms with Crippen LogP contribution in [0.25, 0.3) is 0 Å². The highest BCUT2D eigenvalue weighted by Gasteiger charge is 2.85. The van der Waals surface area contributed by atoms with Gasteiger partial charge in [0.05, 0.1) is 48.8 Å². The molecule has 3 heterocycles. The lowest BCUT2D eigenvalue weighted by Gasteiger charge is -2.65. The molecule has 13 unspecified atom stereocenters. The predicted octanol–water partition coefficient (Wildman–Crippen LogP) is 0.724. The molecular formula is C41H68O14. The number of rotatable bonds is 7. The molecule has 9 N–H and O–H groups in total. The number of aliphatic hydroxyl groups excluding tert-OH is 8. The molecule has 8 fully saturated rings. The summed E-state index contributed by atoms with van der Waals surface area (Å²) >= 11 is 0. The number of hydrogen-bond acceptors (Lipinski definition) is 14. The third-order valence-electron chi connectivity index (χ3n) is 17.6. The van der Waals surface area contributed by atoms with Crippen molar-refractivity contribution in [3.05, 3.63) is 0 Å². The van der Waals surface area contributed by atoms with Crippen LogP contribution in [-0.4, -0.2) is 150 Å². The molecule has 3 saturated heterocycles. The Bertz CT molecular complexity index is 1460. The Morgan fingerprint density at radius 2 is 1.40 bits per heavy atom. The van der Waals surface area contributed by atoms with Crippen LogP contribution in [0, 0.1) is 44.8 Å². The third-order valence-corrected chi connectivity index (χ3v) is 17.6. The third kappa shape index (κ3) is 5.70. The molecule has 55 heavy (non-hydrogen) atoms. The van der Waals surface area contributed by atoms with Gasteiger partial charge in [-0.05, 0) is 117 Å². The zero-order valence-electron chi connectivity index (χ0n) is 33.6. The van der Waals surface area contributed by atoms with Gasteiger partial charge >= 0.3 is 0 Å². The van der Waals surface area contributed by atoms with Crippen molar-refractivity contribution in [3.8, 4) is 0 Å². The average Bonchev–Trinajstić information content (AvgIpc) is 3.47. The van der Waals surface area contributed by atoms with E-state index in [-0.39, 0.29) is 52.1 Å². The van der Waals surface area contributed by atoms with Crippen molar-refractivity contribution < 1.29 is 69.6 Å².